The Balaban J connectivity index is 1.98. The zero-order chi connectivity index (χ0) is 17.1. The summed E-state index contributed by atoms with van der Waals surface area (Å²) in [6.45, 7) is -0.445. The Morgan fingerprint density at radius 3 is 2.48 bits per heavy atom. The van der Waals surface area contributed by atoms with E-state index in [1.54, 1.807) is 5.32 Å². The van der Waals surface area contributed by atoms with Gasteiger partial charge in [0.1, 0.15) is 10.8 Å². The number of alkyl halides is 3. The van der Waals surface area contributed by atoms with Crippen LogP contribution in [0.5, 0.6) is 0 Å². The Morgan fingerprint density at radius 1 is 1.22 bits per heavy atom. The molecule has 1 N–H and O–H groups in total. The van der Waals surface area contributed by atoms with Gasteiger partial charge in [0.15, 0.2) is 0 Å². The number of piperidine rings is 1. The van der Waals surface area contributed by atoms with Gasteiger partial charge in [0, 0.05) is 18.0 Å². The molecule has 1 saturated heterocycles. The highest BCUT2D eigenvalue weighted by Gasteiger charge is 2.29. The van der Waals surface area contributed by atoms with Crippen LogP contribution in [0.3, 0.4) is 0 Å². The number of hydrogen-bond donors (Lipinski definition) is 1. The third kappa shape index (κ3) is 5.18. The Morgan fingerprint density at radius 2 is 1.87 bits per heavy atom. The van der Waals surface area contributed by atoms with E-state index in [9.17, 15) is 26.4 Å². The fourth-order valence-electron chi connectivity index (χ4n) is 2.24. The normalized spacial score (nSPS) is 17.2. The van der Waals surface area contributed by atoms with E-state index in [2.05, 4.69) is 0 Å². The second-order valence-corrected chi connectivity index (χ2v) is 8.59. The lowest BCUT2D eigenvalue weighted by Gasteiger charge is -2.25. The van der Waals surface area contributed by atoms with Gasteiger partial charge in [-0.3, -0.25) is 4.79 Å². The van der Waals surface area contributed by atoms with Gasteiger partial charge in [-0.25, -0.2) is 8.42 Å². The molecule has 0 spiro atoms. The number of halogens is 3. The summed E-state index contributed by atoms with van der Waals surface area (Å²) in [5.41, 5.74) is 0. The fraction of sp³-hybridized carbons (Fsp3) is 0.615. The van der Waals surface area contributed by atoms with Gasteiger partial charge in [0.05, 0.1) is 6.42 Å². The van der Waals surface area contributed by atoms with Gasteiger partial charge in [-0.1, -0.05) is 6.42 Å². The van der Waals surface area contributed by atoms with E-state index < -0.39 is 28.7 Å². The SMILES string of the molecule is O=C(Cc1ccc(S(=O)(=O)N2CCCCC2)s1)NCC(F)(F)F. The number of nitrogens with one attached hydrogen (secondary N) is 1. The molecule has 0 saturated carbocycles. The molecule has 1 aromatic rings. The number of nitrogens with zero attached hydrogens (tertiary/aromatic N) is 1. The van der Waals surface area contributed by atoms with Gasteiger partial charge in [0.25, 0.3) is 10.0 Å². The van der Waals surface area contributed by atoms with Crippen LogP contribution in [0, 0.1) is 0 Å². The smallest absolute Gasteiger partial charge is 0.347 e. The molecule has 0 aromatic carbocycles. The topological polar surface area (TPSA) is 66.5 Å². The molecule has 1 amide bonds. The van der Waals surface area contributed by atoms with E-state index in [-0.39, 0.29) is 10.6 Å². The summed E-state index contributed by atoms with van der Waals surface area (Å²) >= 11 is 0.923. The van der Waals surface area contributed by atoms with Crippen LogP contribution < -0.4 is 5.32 Å². The van der Waals surface area contributed by atoms with Gasteiger partial charge < -0.3 is 5.32 Å². The number of thiophene rings is 1. The van der Waals surface area contributed by atoms with E-state index in [0.717, 1.165) is 30.6 Å². The lowest BCUT2D eigenvalue weighted by atomic mass is 10.2. The Hall–Kier alpha value is -1.13. The molecule has 0 aliphatic carbocycles. The van der Waals surface area contributed by atoms with Crippen molar-refractivity contribution >= 4 is 27.3 Å². The summed E-state index contributed by atoms with van der Waals surface area (Å²) in [5, 5.41) is 1.77. The molecular weight excluding hydrogens is 353 g/mol. The van der Waals surface area contributed by atoms with E-state index in [0.29, 0.717) is 18.0 Å². The van der Waals surface area contributed by atoms with Gasteiger partial charge in [-0.05, 0) is 25.0 Å². The molecule has 0 atom stereocenters. The molecule has 0 radical (unpaired) electrons. The third-order valence-corrected chi connectivity index (χ3v) is 6.82. The first-order valence-corrected chi connectivity index (χ1v) is 9.36. The predicted molar refractivity (Wildman–Crippen MR) is 79.7 cm³/mol. The average Bonchev–Trinajstić information content (AvgIpc) is 2.94. The number of sulfonamides is 1. The zero-order valence-electron chi connectivity index (χ0n) is 12.2. The first-order valence-electron chi connectivity index (χ1n) is 7.11. The predicted octanol–water partition coefficient (Wildman–Crippen LogP) is 2.14. The van der Waals surface area contributed by atoms with Crippen molar-refractivity contribution in [2.45, 2.75) is 36.1 Å². The van der Waals surface area contributed by atoms with Crippen molar-refractivity contribution < 1.29 is 26.4 Å². The van der Waals surface area contributed by atoms with Crippen molar-refractivity contribution in [2.75, 3.05) is 19.6 Å². The van der Waals surface area contributed by atoms with Crippen LogP contribution in [0.2, 0.25) is 0 Å². The summed E-state index contributed by atoms with van der Waals surface area (Å²) in [7, 11) is -3.57. The second-order valence-electron chi connectivity index (χ2n) is 5.25. The van der Waals surface area contributed by atoms with Crippen LogP contribution >= 0.6 is 11.3 Å². The number of amides is 1. The maximum Gasteiger partial charge on any atom is 0.405 e. The molecule has 23 heavy (non-hydrogen) atoms. The quantitative estimate of drug-likeness (QED) is 0.864. The van der Waals surface area contributed by atoms with Crippen molar-refractivity contribution in [1.82, 2.24) is 9.62 Å². The summed E-state index contributed by atoms with van der Waals surface area (Å²) < 4.78 is 62.5. The summed E-state index contributed by atoms with van der Waals surface area (Å²) in [5.74, 6) is -0.786. The van der Waals surface area contributed by atoms with Crippen molar-refractivity contribution in [3.05, 3.63) is 17.0 Å². The van der Waals surface area contributed by atoms with Crippen LogP contribution in [0.1, 0.15) is 24.1 Å². The Kier molecular flexibility index (Phi) is 5.69. The number of carbonyl (C=O) groups excluding carboxylic acids is 1. The van der Waals surface area contributed by atoms with E-state index in [1.807, 2.05) is 0 Å². The molecule has 130 valence electrons. The minimum absolute atomic E-state index is 0.123. The molecule has 10 heteroatoms. The van der Waals surface area contributed by atoms with E-state index in [1.165, 1.54) is 16.4 Å². The molecular formula is C13H17F3N2O3S2. The van der Waals surface area contributed by atoms with Gasteiger partial charge >= 0.3 is 6.18 Å². The number of hydrogen-bond acceptors (Lipinski definition) is 4. The van der Waals surface area contributed by atoms with Crippen LogP contribution in [0.25, 0.3) is 0 Å². The molecule has 2 rings (SSSR count). The molecule has 1 aliphatic heterocycles. The monoisotopic (exact) mass is 370 g/mol. The minimum Gasteiger partial charge on any atom is -0.347 e. The van der Waals surface area contributed by atoms with Crippen LogP contribution in [0.4, 0.5) is 13.2 Å². The number of rotatable bonds is 5. The van der Waals surface area contributed by atoms with E-state index in [4.69, 9.17) is 0 Å². The summed E-state index contributed by atoms with van der Waals surface area (Å²) in [6.07, 6.45) is -2.10. The van der Waals surface area contributed by atoms with Crippen LogP contribution in [-0.4, -0.2) is 44.4 Å². The van der Waals surface area contributed by atoms with Gasteiger partial charge in [-0.15, -0.1) is 11.3 Å². The van der Waals surface area contributed by atoms with Crippen molar-refractivity contribution in [3.8, 4) is 0 Å². The van der Waals surface area contributed by atoms with Crippen molar-refractivity contribution in [2.24, 2.45) is 0 Å². The van der Waals surface area contributed by atoms with Crippen molar-refractivity contribution in [3.63, 3.8) is 0 Å². The highest BCUT2D eigenvalue weighted by Crippen LogP contribution is 2.27. The fourth-order valence-corrected chi connectivity index (χ4v) is 5.27. The minimum atomic E-state index is -4.46. The molecule has 1 aliphatic rings. The maximum absolute atomic E-state index is 12.4. The highest BCUT2D eigenvalue weighted by atomic mass is 32.2. The maximum atomic E-state index is 12.4. The van der Waals surface area contributed by atoms with Crippen LogP contribution in [-0.2, 0) is 21.2 Å². The Bertz CT molecular complexity index is 650. The third-order valence-electron chi connectivity index (χ3n) is 3.37. The standard InChI is InChI=1S/C13H17F3N2O3S2/c14-13(15,16)9-17-11(19)8-10-4-5-12(22-10)23(20,21)18-6-2-1-3-7-18/h4-5H,1-3,6-9H2,(H,17,19). The first kappa shape index (κ1) is 18.2. The van der Waals surface area contributed by atoms with E-state index >= 15 is 0 Å². The molecule has 1 fully saturated rings. The number of carbonyl (C=O) groups is 1. The zero-order valence-corrected chi connectivity index (χ0v) is 13.9. The molecule has 1 aromatic heterocycles. The average molecular weight is 370 g/mol. The largest absolute Gasteiger partial charge is 0.405 e. The Labute approximate surface area is 136 Å². The molecule has 0 bridgehead atoms. The second kappa shape index (κ2) is 7.18. The highest BCUT2D eigenvalue weighted by molar-refractivity contribution is 7.91. The summed E-state index contributed by atoms with van der Waals surface area (Å²) in [4.78, 5) is 11.9. The van der Waals surface area contributed by atoms with Gasteiger partial charge in [0.2, 0.25) is 5.91 Å². The lowest BCUT2D eigenvalue weighted by molar-refractivity contribution is -0.138. The lowest BCUT2D eigenvalue weighted by Crippen LogP contribution is -2.35. The molecule has 0 unspecified atom stereocenters. The summed E-state index contributed by atoms with van der Waals surface area (Å²) in [6, 6.07) is 2.87. The molecule has 5 nitrogen and oxygen atoms in total. The van der Waals surface area contributed by atoms with Gasteiger partial charge in [-0.2, -0.15) is 17.5 Å². The van der Waals surface area contributed by atoms with Crippen LogP contribution in [0.15, 0.2) is 16.3 Å². The molecule has 2 heterocycles. The van der Waals surface area contributed by atoms with Crippen molar-refractivity contribution in [1.29, 1.82) is 0 Å². The first-order chi connectivity index (χ1) is 10.7.